The van der Waals surface area contributed by atoms with Crippen LogP contribution in [0.2, 0.25) is 0 Å². The highest BCUT2D eigenvalue weighted by Gasteiger charge is 2.18. The Kier molecular flexibility index (Phi) is 6.69. The van der Waals surface area contributed by atoms with Crippen molar-refractivity contribution in [1.82, 2.24) is 15.0 Å². The highest BCUT2D eigenvalue weighted by atomic mass is 16.5. The lowest BCUT2D eigenvalue weighted by molar-refractivity contribution is 0.0769. The number of carbonyl (C=O) groups excluding carboxylic acids is 1. The molecule has 1 amide bonds. The Labute approximate surface area is 174 Å². The van der Waals surface area contributed by atoms with Crippen LogP contribution in [0.5, 0.6) is 17.2 Å². The van der Waals surface area contributed by atoms with Crippen LogP contribution in [0.4, 0.5) is 0 Å². The second-order valence-electron chi connectivity index (χ2n) is 6.36. The van der Waals surface area contributed by atoms with Gasteiger partial charge in [-0.15, -0.1) is 0 Å². The molecule has 2 aromatic carbocycles. The van der Waals surface area contributed by atoms with E-state index in [9.17, 15) is 4.79 Å². The van der Waals surface area contributed by atoms with Crippen LogP contribution in [0.15, 0.2) is 59.6 Å². The third-order valence-electron chi connectivity index (χ3n) is 4.31. The van der Waals surface area contributed by atoms with Gasteiger partial charge in [0.2, 0.25) is 11.7 Å². The van der Waals surface area contributed by atoms with Crippen LogP contribution in [0.25, 0.3) is 11.4 Å². The van der Waals surface area contributed by atoms with Crippen molar-refractivity contribution in [2.75, 3.05) is 27.9 Å². The van der Waals surface area contributed by atoms with Gasteiger partial charge in [0.25, 0.3) is 5.91 Å². The molecule has 0 aliphatic heterocycles. The summed E-state index contributed by atoms with van der Waals surface area (Å²) < 4.78 is 21.3. The fraction of sp³-hybridized carbons (Fsp3) is 0.227. The molecule has 8 heteroatoms. The predicted octanol–water partition coefficient (Wildman–Crippen LogP) is 3.59. The van der Waals surface area contributed by atoms with Gasteiger partial charge in [-0.25, -0.2) is 0 Å². The molecule has 0 spiro atoms. The summed E-state index contributed by atoms with van der Waals surface area (Å²) in [6.45, 7) is 4.18. The molecule has 1 aromatic heterocycles. The van der Waals surface area contributed by atoms with Crippen molar-refractivity contribution in [3.05, 3.63) is 66.6 Å². The van der Waals surface area contributed by atoms with Crippen LogP contribution in [0, 0.1) is 0 Å². The van der Waals surface area contributed by atoms with E-state index in [1.54, 1.807) is 69.8 Å². The number of benzene rings is 2. The number of aromatic nitrogens is 2. The van der Waals surface area contributed by atoms with Gasteiger partial charge in [-0.05, 0) is 36.4 Å². The number of hydrogen-bond acceptors (Lipinski definition) is 7. The maximum Gasteiger partial charge on any atom is 0.254 e. The van der Waals surface area contributed by atoms with Gasteiger partial charge >= 0.3 is 0 Å². The Morgan fingerprint density at radius 1 is 1.13 bits per heavy atom. The van der Waals surface area contributed by atoms with Crippen LogP contribution in [-0.2, 0) is 6.54 Å². The number of rotatable bonds is 9. The molecule has 0 radical (unpaired) electrons. The van der Waals surface area contributed by atoms with Crippen molar-refractivity contribution in [1.29, 1.82) is 0 Å². The topological polar surface area (TPSA) is 86.9 Å². The predicted molar refractivity (Wildman–Crippen MR) is 111 cm³/mol. The first kappa shape index (κ1) is 20.9. The van der Waals surface area contributed by atoms with E-state index in [0.717, 1.165) is 0 Å². The van der Waals surface area contributed by atoms with Crippen molar-refractivity contribution >= 4 is 5.91 Å². The van der Waals surface area contributed by atoms with Crippen molar-refractivity contribution in [3.8, 4) is 28.6 Å². The third-order valence-corrected chi connectivity index (χ3v) is 4.31. The van der Waals surface area contributed by atoms with E-state index in [1.807, 2.05) is 0 Å². The average Bonchev–Trinajstić information content (AvgIpc) is 3.25. The molecule has 1 heterocycles. The van der Waals surface area contributed by atoms with Crippen LogP contribution < -0.4 is 14.2 Å². The number of hydrogen-bond donors (Lipinski definition) is 0. The molecule has 0 atom stereocenters. The number of amides is 1. The largest absolute Gasteiger partial charge is 0.497 e. The third kappa shape index (κ3) is 4.78. The summed E-state index contributed by atoms with van der Waals surface area (Å²) in [6.07, 6.45) is 1.66. The lowest BCUT2D eigenvalue weighted by atomic mass is 10.2. The minimum atomic E-state index is -0.174. The molecular formula is C22H23N3O5. The molecule has 3 aromatic rings. The van der Waals surface area contributed by atoms with E-state index >= 15 is 0 Å². The van der Waals surface area contributed by atoms with Crippen molar-refractivity contribution in [2.24, 2.45) is 0 Å². The summed E-state index contributed by atoms with van der Waals surface area (Å²) >= 11 is 0. The zero-order chi connectivity index (χ0) is 21.5. The highest BCUT2D eigenvalue weighted by molar-refractivity contribution is 5.94. The molecule has 0 aliphatic carbocycles. The monoisotopic (exact) mass is 409 g/mol. The van der Waals surface area contributed by atoms with E-state index in [0.29, 0.717) is 46.7 Å². The fourth-order valence-corrected chi connectivity index (χ4v) is 2.76. The summed E-state index contributed by atoms with van der Waals surface area (Å²) in [6, 6.07) is 12.2. The Morgan fingerprint density at radius 3 is 2.53 bits per heavy atom. The first-order valence-electron chi connectivity index (χ1n) is 9.20. The Balaban J connectivity index is 1.69. The summed E-state index contributed by atoms with van der Waals surface area (Å²) in [5, 5.41) is 4.01. The van der Waals surface area contributed by atoms with Crippen LogP contribution in [-0.4, -0.2) is 48.8 Å². The first-order chi connectivity index (χ1) is 14.5. The standard InChI is InChI=1S/C22H23N3O5/c1-5-12-29-16-8-6-15(7-9-16)22(26)25(2)14-20-23-21(24-30-20)18-11-10-17(27-3)13-19(18)28-4/h5-11,13H,1,12,14H2,2-4H3. The van der Waals surface area contributed by atoms with E-state index in [2.05, 4.69) is 16.7 Å². The normalized spacial score (nSPS) is 10.4. The molecule has 0 aliphatic rings. The minimum Gasteiger partial charge on any atom is -0.497 e. The SMILES string of the molecule is C=CCOc1ccc(C(=O)N(C)Cc2nc(-c3ccc(OC)cc3OC)no2)cc1. The zero-order valence-electron chi connectivity index (χ0n) is 17.1. The molecule has 0 bridgehead atoms. The van der Waals surface area contributed by atoms with Gasteiger partial charge in [0.05, 0.1) is 26.3 Å². The van der Waals surface area contributed by atoms with Gasteiger partial charge in [0, 0.05) is 18.7 Å². The highest BCUT2D eigenvalue weighted by Crippen LogP contribution is 2.31. The van der Waals surface area contributed by atoms with Crippen molar-refractivity contribution in [3.63, 3.8) is 0 Å². The molecule has 0 saturated carbocycles. The Morgan fingerprint density at radius 2 is 1.87 bits per heavy atom. The molecule has 30 heavy (non-hydrogen) atoms. The van der Waals surface area contributed by atoms with Gasteiger partial charge in [-0.3, -0.25) is 4.79 Å². The van der Waals surface area contributed by atoms with E-state index in [1.165, 1.54) is 4.90 Å². The second-order valence-corrected chi connectivity index (χ2v) is 6.36. The summed E-state index contributed by atoms with van der Waals surface area (Å²) in [4.78, 5) is 18.6. The number of carbonyl (C=O) groups is 1. The van der Waals surface area contributed by atoms with Crippen LogP contribution in [0.3, 0.4) is 0 Å². The van der Waals surface area contributed by atoms with Gasteiger partial charge < -0.3 is 23.6 Å². The summed E-state index contributed by atoms with van der Waals surface area (Å²) in [5.74, 6) is 2.39. The molecule has 156 valence electrons. The summed E-state index contributed by atoms with van der Waals surface area (Å²) in [5.41, 5.74) is 1.19. The maximum atomic E-state index is 12.7. The first-order valence-corrected chi connectivity index (χ1v) is 9.20. The Bertz CT molecular complexity index is 1010. The quantitative estimate of drug-likeness (QED) is 0.499. The van der Waals surface area contributed by atoms with Gasteiger partial charge in [0.1, 0.15) is 23.9 Å². The second kappa shape index (κ2) is 9.60. The van der Waals surface area contributed by atoms with Crippen LogP contribution in [0.1, 0.15) is 16.2 Å². The number of ether oxygens (including phenoxy) is 3. The molecule has 0 unspecified atom stereocenters. The smallest absolute Gasteiger partial charge is 0.254 e. The number of nitrogens with zero attached hydrogens (tertiary/aromatic N) is 3. The lowest BCUT2D eigenvalue weighted by Gasteiger charge is -2.15. The molecule has 8 nitrogen and oxygen atoms in total. The molecule has 0 N–H and O–H groups in total. The van der Waals surface area contributed by atoms with E-state index < -0.39 is 0 Å². The zero-order valence-corrected chi connectivity index (χ0v) is 17.1. The fourth-order valence-electron chi connectivity index (χ4n) is 2.76. The van der Waals surface area contributed by atoms with Gasteiger partial charge in [-0.1, -0.05) is 17.8 Å². The average molecular weight is 409 g/mol. The minimum absolute atomic E-state index is 0.166. The molecule has 0 saturated heterocycles. The Hall–Kier alpha value is -3.81. The lowest BCUT2D eigenvalue weighted by Crippen LogP contribution is -2.26. The number of methoxy groups -OCH3 is 2. The van der Waals surface area contributed by atoms with Gasteiger partial charge in [0.15, 0.2) is 0 Å². The summed E-state index contributed by atoms with van der Waals surface area (Å²) in [7, 11) is 4.80. The van der Waals surface area contributed by atoms with Crippen LogP contribution >= 0.6 is 0 Å². The molecule has 3 rings (SSSR count). The maximum absolute atomic E-state index is 12.7. The molecule has 0 fully saturated rings. The van der Waals surface area contributed by atoms with Gasteiger partial charge in [-0.2, -0.15) is 4.98 Å². The van der Waals surface area contributed by atoms with E-state index in [4.69, 9.17) is 18.7 Å². The van der Waals surface area contributed by atoms with Crippen molar-refractivity contribution in [2.45, 2.75) is 6.54 Å². The van der Waals surface area contributed by atoms with E-state index in [-0.39, 0.29) is 12.5 Å². The van der Waals surface area contributed by atoms with Crippen molar-refractivity contribution < 1.29 is 23.5 Å². The molecular weight excluding hydrogens is 386 g/mol.